The highest BCUT2D eigenvalue weighted by atomic mass is 35.5. The molecule has 0 saturated heterocycles. The van der Waals surface area contributed by atoms with Gasteiger partial charge in [0.1, 0.15) is 11.5 Å². The summed E-state index contributed by atoms with van der Waals surface area (Å²) in [6.07, 6.45) is 0. The number of hydrogen-bond acceptors (Lipinski definition) is 3. The van der Waals surface area contributed by atoms with E-state index >= 15 is 0 Å². The lowest BCUT2D eigenvalue weighted by molar-refractivity contribution is 0.532. The van der Waals surface area contributed by atoms with E-state index in [4.69, 9.17) is 17.3 Å². The standard InChI is InChI=1S/C12H14ClFN4/c1-12(2,3)10-11(15)16-17-18(10)9-5-4-7(13)6-8(9)14/h4-6H,15H2,1-3H3. The Hall–Kier alpha value is -1.62. The summed E-state index contributed by atoms with van der Waals surface area (Å²) in [4.78, 5) is 0. The quantitative estimate of drug-likeness (QED) is 0.865. The van der Waals surface area contributed by atoms with Gasteiger partial charge in [-0.25, -0.2) is 9.07 Å². The van der Waals surface area contributed by atoms with Crippen molar-refractivity contribution < 1.29 is 4.39 Å². The molecule has 0 unspecified atom stereocenters. The first-order valence-electron chi connectivity index (χ1n) is 5.48. The molecular formula is C12H14ClFN4. The van der Waals surface area contributed by atoms with Crippen LogP contribution in [0.1, 0.15) is 26.5 Å². The third-order valence-electron chi connectivity index (χ3n) is 2.54. The molecule has 0 amide bonds. The zero-order chi connectivity index (χ0) is 13.5. The van der Waals surface area contributed by atoms with E-state index in [1.807, 2.05) is 20.8 Å². The summed E-state index contributed by atoms with van der Waals surface area (Å²) in [6.45, 7) is 5.89. The third-order valence-corrected chi connectivity index (χ3v) is 2.78. The van der Waals surface area contributed by atoms with Crippen molar-refractivity contribution in [2.75, 3.05) is 5.73 Å². The Morgan fingerprint density at radius 1 is 1.33 bits per heavy atom. The minimum Gasteiger partial charge on any atom is -0.381 e. The number of halogens is 2. The van der Waals surface area contributed by atoms with Crippen molar-refractivity contribution in [3.8, 4) is 5.69 Å². The average molecular weight is 269 g/mol. The number of nitrogens with two attached hydrogens (primary N) is 1. The van der Waals surface area contributed by atoms with Gasteiger partial charge in [-0.1, -0.05) is 37.6 Å². The molecule has 18 heavy (non-hydrogen) atoms. The Bertz CT molecular complexity index is 586. The van der Waals surface area contributed by atoms with Crippen LogP contribution in [-0.4, -0.2) is 15.0 Å². The molecule has 0 aliphatic carbocycles. The van der Waals surface area contributed by atoms with Crippen molar-refractivity contribution in [1.82, 2.24) is 15.0 Å². The molecule has 1 heterocycles. The normalized spacial score (nSPS) is 11.8. The Kier molecular flexibility index (Phi) is 3.02. The second-order valence-corrected chi connectivity index (χ2v) is 5.52. The molecule has 1 aromatic carbocycles. The lowest BCUT2D eigenvalue weighted by Crippen LogP contribution is -2.19. The van der Waals surface area contributed by atoms with Crippen LogP contribution in [0.4, 0.5) is 10.2 Å². The van der Waals surface area contributed by atoms with Gasteiger partial charge in [0, 0.05) is 10.4 Å². The first-order valence-corrected chi connectivity index (χ1v) is 5.85. The fourth-order valence-electron chi connectivity index (χ4n) is 1.82. The van der Waals surface area contributed by atoms with Crippen molar-refractivity contribution in [1.29, 1.82) is 0 Å². The van der Waals surface area contributed by atoms with Crippen molar-refractivity contribution in [2.45, 2.75) is 26.2 Å². The lowest BCUT2D eigenvalue weighted by atomic mass is 9.91. The summed E-state index contributed by atoms with van der Waals surface area (Å²) in [5.41, 5.74) is 6.47. The topological polar surface area (TPSA) is 56.7 Å². The van der Waals surface area contributed by atoms with Crippen LogP contribution >= 0.6 is 11.6 Å². The largest absolute Gasteiger partial charge is 0.381 e. The van der Waals surface area contributed by atoms with E-state index in [0.717, 1.165) is 0 Å². The first kappa shape index (κ1) is 12.8. The fraction of sp³-hybridized carbons (Fsp3) is 0.333. The van der Waals surface area contributed by atoms with Gasteiger partial charge in [0.2, 0.25) is 0 Å². The summed E-state index contributed by atoms with van der Waals surface area (Å²) >= 11 is 5.73. The summed E-state index contributed by atoms with van der Waals surface area (Å²) in [5.74, 6) is -0.158. The van der Waals surface area contributed by atoms with E-state index in [9.17, 15) is 4.39 Å². The Labute approximate surface area is 110 Å². The zero-order valence-corrected chi connectivity index (χ0v) is 11.2. The highest BCUT2D eigenvalue weighted by Gasteiger charge is 2.25. The minimum atomic E-state index is -0.460. The fourth-order valence-corrected chi connectivity index (χ4v) is 1.98. The Morgan fingerprint density at radius 3 is 2.56 bits per heavy atom. The maximum atomic E-state index is 13.9. The van der Waals surface area contributed by atoms with Crippen LogP contribution in [0.3, 0.4) is 0 Å². The Balaban J connectivity index is 2.65. The van der Waals surface area contributed by atoms with E-state index in [1.54, 1.807) is 12.1 Å². The van der Waals surface area contributed by atoms with Gasteiger partial charge in [0.25, 0.3) is 0 Å². The number of anilines is 1. The van der Waals surface area contributed by atoms with Crippen LogP contribution in [0.5, 0.6) is 0 Å². The number of aromatic nitrogens is 3. The second kappa shape index (κ2) is 4.24. The van der Waals surface area contributed by atoms with E-state index in [1.165, 1.54) is 10.7 Å². The monoisotopic (exact) mass is 268 g/mol. The number of rotatable bonds is 1. The van der Waals surface area contributed by atoms with Gasteiger partial charge >= 0.3 is 0 Å². The first-order chi connectivity index (χ1) is 8.30. The van der Waals surface area contributed by atoms with E-state index in [2.05, 4.69) is 10.3 Å². The molecule has 96 valence electrons. The van der Waals surface area contributed by atoms with Crippen molar-refractivity contribution >= 4 is 17.4 Å². The highest BCUT2D eigenvalue weighted by Crippen LogP contribution is 2.29. The maximum Gasteiger partial charge on any atom is 0.170 e. The summed E-state index contributed by atoms with van der Waals surface area (Å²) in [6, 6.07) is 4.40. The van der Waals surface area contributed by atoms with Crippen molar-refractivity contribution in [3.05, 3.63) is 34.7 Å². The second-order valence-electron chi connectivity index (χ2n) is 5.08. The molecule has 0 aliphatic rings. The van der Waals surface area contributed by atoms with Crippen LogP contribution < -0.4 is 5.73 Å². The molecule has 2 N–H and O–H groups in total. The van der Waals surface area contributed by atoms with Gasteiger partial charge in [-0.2, -0.15) is 0 Å². The van der Waals surface area contributed by atoms with Gasteiger partial charge in [0.15, 0.2) is 5.82 Å². The van der Waals surface area contributed by atoms with Gasteiger partial charge in [-0.15, -0.1) is 5.10 Å². The van der Waals surface area contributed by atoms with E-state index < -0.39 is 5.82 Å². The molecule has 0 spiro atoms. The molecule has 0 fully saturated rings. The number of hydrogen-bond donors (Lipinski definition) is 1. The van der Waals surface area contributed by atoms with Gasteiger partial charge < -0.3 is 5.73 Å². The predicted octanol–water partition coefficient (Wildman–Crippen LogP) is 2.94. The number of nitrogen functional groups attached to an aromatic ring is 1. The smallest absolute Gasteiger partial charge is 0.170 e. The molecule has 0 aliphatic heterocycles. The minimum absolute atomic E-state index is 0.286. The number of benzene rings is 1. The number of nitrogens with zero attached hydrogens (tertiary/aromatic N) is 3. The van der Waals surface area contributed by atoms with Gasteiger partial charge in [0.05, 0.1) is 5.69 Å². The van der Waals surface area contributed by atoms with Crippen LogP contribution in [-0.2, 0) is 5.41 Å². The molecule has 0 saturated carbocycles. The van der Waals surface area contributed by atoms with Crippen LogP contribution in [0.15, 0.2) is 18.2 Å². The molecule has 2 rings (SSSR count). The van der Waals surface area contributed by atoms with Gasteiger partial charge in [-0.3, -0.25) is 0 Å². The van der Waals surface area contributed by atoms with Gasteiger partial charge in [-0.05, 0) is 18.2 Å². The highest BCUT2D eigenvalue weighted by molar-refractivity contribution is 6.30. The molecule has 4 nitrogen and oxygen atoms in total. The van der Waals surface area contributed by atoms with E-state index in [0.29, 0.717) is 16.5 Å². The third kappa shape index (κ3) is 2.18. The SMILES string of the molecule is CC(C)(C)c1c(N)nnn1-c1ccc(Cl)cc1F. The summed E-state index contributed by atoms with van der Waals surface area (Å²) in [5, 5.41) is 8.05. The molecule has 0 bridgehead atoms. The van der Waals surface area contributed by atoms with Crippen LogP contribution in [0.2, 0.25) is 5.02 Å². The van der Waals surface area contributed by atoms with E-state index in [-0.39, 0.29) is 11.1 Å². The predicted molar refractivity (Wildman–Crippen MR) is 69.4 cm³/mol. The zero-order valence-electron chi connectivity index (χ0n) is 10.4. The lowest BCUT2D eigenvalue weighted by Gasteiger charge is -2.20. The van der Waals surface area contributed by atoms with Crippen LogP contribution in [0, 0.1) is 5.82 Å². The Morgan fingerprint density at radius 2 is 2.00 bits per heavy atom. The molecule has 0 radical (unpaired) electrons. The molecule has 2 aromatic rings. The van der Waals surface area contributed by atoms with Crippen molar-refractivity contribution in [3.63, 3.8) is 0 Å². The molecular weight excluding hydrogens is 255 g/mol. The van der Waals surface area contributed by atoms with Crippen LogP contribution in [0.25, 0.3) is 5.69 Å². The maximum absolute atomic E-state index is 13.9. The average Bonchev–Trinajstić information content (AvgIpc) is 2.59. The molecule has 1 aromatic heterocycles. The molecule has 6 heteroatoms. The summed E-state index contributed by atoms with van der Waals surface area (Å²) in [7, 11) is 0. The molecule has 0 atom stereocenters. The summed E-state index contributed by atoms with van der Waals surface area (Å²) < 4.78 is 15.3. The van der Waals surface area contributed by atoms with Crippen molar-refractivity contribution in [2.24, 2.45) is 0 Å².